The molecule has 0 radical (unpaired) electrons. The summed E-state index contributed by atoms with van der Waals surface area (Å²) in [6, 6.07) is 0. The van der Waals surface area contributed by atoms with Crippen molar-refractivity contribution in [2.75, 3.05) is 13.6 Å². The second-order valence-corrected chi connectivity index (χ2v) is 3.54. The Morgan fingerprint density at radius 2 is 2.55 bits per heavy atom. The third kappa shape index (κ3) is 2.82. The summed E-state index contributed by atoms with van der Waals surface area (Å²) in [5.41, 5.74) is 0. The van der Waals surface area contributed by atoms with Crippen molar-refractivity contribution in [1.82, 2.24) is 10.3 Å². The molecule has 11 heavy (non-hydrogen) atoms. The number of rotatable bonds is 3. The van der Waals surface area contributed by atoms with Gasteiger partial charge in [-0.3, -0.25) is 0 Å². The van der Waals surface area contributed by atoms with Crippen LogP contribution in [0.25, 0.3) is 6.08 Å². The average Bonchev–Trinajstić information content (AvgIpc) is 2.37. The Morgan fingerprint density at radius 1 is 1.73 bits per heavy atom. The molecule has 0 fully saturated rings. The van der Waals surface area contributed by atoms with Crippen molar-refractivity contribution in [2.24, 2.45) is 0 Å². The highest BCUT2D eigenvalue weighted by Gasteiger charge is 1.90. The lowest BCUT2D eigenvalue weighted by molar-refractivity contribution is 0.922. The molecule has 1 N–H and O–H groups in total. The maximum Gasteiger partial charge on any atom is 0.115 e. The fraction of sp³-hybridized carbons (Fsp3) is 0.375. The van der Waals surface area contributed by atoms with E-state index < -0.39 is 0 Å². The fourth-order valence-electron chi connectivity index (χ4n) is 0.727. The second-order valence-electron chi connectivity index (χ2n) is 2.27. The van der Waals surface area contributed by atoms with Crippen molar-refractivity contribution >= 4 is 17.4 Å². The number of likely N-dealkylation sites (N-methyl/N-ethyl adjacent to an activating group) is 1. The molecule has 0 saturated carbocycles. The Morgan fingerprint density at radius 3 is 3.09 bits per heavy atom. The van der Waals surface area contributed by atoms with Gasteiger partial charge in [0.05, 0.1) is 0 Å². The Balaban J connectivity index is 2.50. The molecule has 1 rings (SSSR count). The molecular weight excluding hydrogens is 156 g/mol. The van der Waals surface area contributed by atoms with Gasteiger partial charge < -0.3 is 5.32 Å². The topological polar surface area (TPSA) is 24.9 Å². The molecule has 1 heterocycles. The number of hydrogen-bond acceptors (Lipinski definition) is 3. The molecule has 0 bridgehead atoms. The van der Waals surface area contributed by atoms with Crippen LogP contribution < -0.4 is 5.32 Å². The number of thiazole rings is 1. The minimum Gasteiger partial charge on any atom is -0.316 e. The van der Waals surface area contributed by atoms with Crippen LogP contribution in [0.5, 0.6) is 0 Å². The molecule has 0 amide bonds. The Bertz CT molecular complexity index is 240. The van der Waals surface area contributed by atoms with Gasteiger partial charge in [-0.15, -0.1) is 11.3 Å². The van der Waals surface area contributed by atoms with E-state index in [0.717, 1.165) is 11.6 Å². The highest BCUT2D eigenvalue weighted by Crippen LogP contribution is 2.11. The van der Waals surface area contributed by atoms with Gasteiger partial charge in [-0.1, -0.05) is 6.08 Å². The smallest absolute Gasteiger partial charge is 0.115 e. The van der Waals surface area contributed by atoms with Crippen molar-refractivity contribution < 1.29 is 0 Å². The van der Waals surface area contributed by atoms with Crippen LogP contribution in [0.3, 0.4) is 0 Å². The molecule has 2 nitrogen and oxygen atoms in total. The summed E-state index contributed by atoms with van der Waals surface area (Å²) in [4.78, 5) is 5.45. The van der Waals surface area contributed by atoms with Gasteiger partial charge in [0.25, 0.3) is 0 Å². The molecule has 0 aliphatic carbocycles. The fourth-order valence-corrected chi connectivity index (χ4v) is 1.43. The maximum atomic E-state index is 4.19. The zero-order chi connectivity index (χ0) is 8.10. The second kappa shape index (κ2) is 4.26. The van der Waals surface area contributed by atoms with E-state index in [4.69, 9.17) is 0 Å². The van der Waals surface area contributed by atoms with Gasteiger partial charge in [0.1, 0.15) is 5.01 Å². The third-order valence-corrected chi connectivity index (χ3v) is 2.10. The number of aromatic nitrogens is 1. The van der Waals surface area contributed by atoms with Crippen molar-refractivity contribution in [3.63, 3.8) is 0 Å². The van der Waals surface area contributed by atoms with Crippen LogP contribution in [0.15, 0.2) is 12.3 Å². The summed E-state index contributed by atoms with van der Waals surface area (Å²) in [7, 11) is 1.93. The van der Waals surface area contributed by atoms with E-state index >= 15 is 0 Å². The van der Waals surface area contributed by atoms with Crippen molar-refractivity contribution in [3.8, 4) is 0 Å². The van der Waals surface area contributed by atoms with E-state index in [1.165, 1.54) is 4.88 Å². The standard InChI is InChI=1S/C8H12N2S/c1-7-6-10-8(11-7)4-3-5-9-2/h3-4,6,9H,5H2,1-2H3. The molecule has 0 aromatic carbocycles. The summed E-state index contributed by atoms with van der Waals surface area (Å²) >= 11 is 1.71. The maximum absolute atomic E-state index is 4.19. The molecule has 0 aliphatic heterocycles. The third-order valence-electron chi connectivity index (χ3n) is 1.22. The predicted octanol–water partition coefficient (Wildman–Crippen LogP) is 1.68. The molecule has 60 valence electrons. The van der Waals surface area contributed by atoms with Gasteiger partial charge in [-0.25, -0.2) is 4.98 Å². The molecule has 0 atom stereocenters. The van der Waals surface area contributed by atoms with Gasteiger partial charge in [0, 0.05) is 17.6 Å². The number of nitrogens with one attached hydrogen (secondary N) is 1. The highest BCUT2D eigenvalue weighted by molar-refractivity contribution is 7.12. The Hall–Kier alpha value is -0.670. The molecule has 0 spiro atoms. The van der Waals surface area contributed by atoms with Crippen molar-refractivity contribution in [1.29, 1.82) is 0 Å². The van der Waals surface area contributed by atoms with E-state index in [1.807, 2.05) is 19.3 Å². The van der Waals surface area contributed by atoms with Gasteiger partial charge in [-0.05, 0) is 20.0 Å². The van der Waals surface area contributed by atoms with E-state index in [1.54, 1.807) is 11.3 Å². The van der Waals surface area contributed by atoms with Crippen LogP contribution >= 0.6 is 11.3 Å². The van der Waals surface area contributed by atoms with Crippen molar-refractivity contribution in [2.45, 2.75) is 6.92 Å². The number of hydrogen-bond donors (Lipinski definition) is 1. The van der Waals surface area contributed by atoms with Crippen LogP contribution in [0, 0.1) is 6.92 Å². The van der Waals surface area contributed by atoms with E-state index in [9.17, 15) is 0 Å². The van der Waals surface area contributed by atoms with E-state index in [0.29, 0.717) is 0 Å². The molecule has 3 heteroatoms. The lowest BCUT2D eigenvalue weighted by Gasteiger charge is -1.85. The summed E-state index contributed by atoms with van der Waals surface area (Å²) in [6.07, 6.45) is 6.00. The van der Waals surface area contributed by atoms with Gasteiger partial charge in [0.2, 0.25) is 0 Å². The quantitative estimate of drug-likeness (QED) is 0.743. The molecule has 0 unspecified atom stereocenters. The van der Waals surface area contributed by atoms with Crippen LogP contribution in [0.4, 0.5) is 0 Å². The van der Waals surface area contributed by atoms with Gasteiger partial charge in [-0.2, -0.15) is 0 Å². The highest BCUT2D eigenvalue weighted by atomic mass is 32.1. The minimum absolute atomic E-state index is 0.901. The normalized spacial score (nSPS) is 11.1. The summed E-state index contributed by atoms with van der Waals surface area (Å²) in [5, 5.41) is 4.12. The van der Waals surface area contributed by atoms with E-state index in [-0.39, 0.29) is 0 Å². The summed E-state index contributed by atoms with van der Waals surface area (Å²) in [6.45, 7) is 2.96. The van der Waals surface area contributed by atoms with Gasteiger partial charge in [0.15, 0.2) is 0 Å². The largest absolute Gasteiger partial charge is 0.316 e. The molecule has 0 aliphatic rings. The molecule has 1 aromatic heterocycles. The van der Waals surface area contributed by atoms with Crippen LogP contribution in [0.2, 0.25) is 0 Å². The first-order chi connectivity index (χ1) is 5.33. The Kier molecular flexibility index (Phi) is 3.26. The lowest BCUT2D eigenvalue weighted by atomic mass is 10.5. The molecular formula is C8H12N2S. The summed E-state index contributed by atoms with van der Waals surface area (Å²) < 4.78 is 0. The number of aryl methyl sites for hydroxylation is 1. The van der Waals surface area contributed by atoms with Crippen LogP contribution in [-0.2, 0) is 0 Å². The van der Waals surface area contributed by atoms with Gasteiger partial charge >= 0.3 is 0 Å². The minimum atomic E-state index is 0.901. The van der Waals surface area contributed by atoms with Crippen LogP contribution in [-0.4, -0.2) is 18.6 Å². The lowest BCUT2D eigenvalue weighted by Crippen LogP contribution is -2.03. The predicted molar refractivity (Wildman–Crippen MR) is 49.8 cm³/mol. The average molecular weight is 168 g/mol. The monoisotopic (exact) mass is 168 g/mol. The first-order valence-electron chi connectivity index (χ1n) is 3.56. The molecule has 0 saturated heterocycles. The zero-order valence-electron chi connectivity index (χ0n) is 6.79. The Labute approximate surface area is 71.0 Å². The van der Waals surface area contributed by atoms with Crippen molar-refractivity contribution in [3.05, 3.63) is 22.2 Å². The van der Waals surface area contributed by atoms with Crippen LogP contribution in [0.1, 0.15) is 9.88 Å². The van der Waals surface area contributed by atoms with E-state index in [2.05, 4.69) is 23.3 Å². The molecule has 1 aromatic rings. The first-order valence-corrected chi connectivity index (χ1v) is 4.38. The number of nitrogens with zero attached hydrogens (tertiary/aromatic N) is 1. The first kappa shape index (κ1) is 8.43. The summed E-state index contributed by atoms with van der Waals surface area (Å²) in [5.74, 6) is 0. The SMILES string of the molecule is CNCC=Cc1ncc(C)s1. The zero-order valence-corrected chi connectivity index (χ0v) is 7.61.